The minimum Gasteiger partial charge on any atom is -0.328 e. The van der Waals surface area contributed by atoms with Crippen LogP contribution in [0.4, 0.5) is 4.39 Å². The van der Waals surface area contributed by atoms with Crippen molar-refractivity contribution in [2.24, 2.45) is 12.8 Å². The monoisotopic (exact) mass is 443 g/mol. The number of nitrogens with two attached hydrogens (primary N) is 1. The van der Waals surface area contributed by atoms with Crippen LogP contribution in [-0.4, -0.2) is 38.2 Å². The topological polar surface area (TPSA) is 77.0 Å². The number of amides is 1. The molecule has 28 heavy (non-hydrogen) atoms. The first-order valence-corrected chi connectivity index (χ1v) is 9.69. The Labute approximate surface area is 170 Å². The van der Waals surface area contributed by atoms with E-state index in [0.717, 1.165) is 26.9 Å². The molecule has 1 unspecified atom stereocenters. The molecule has 4 rings (SSSR count). The van der Waals surface area contributed by atoms with Gasteiger partial charge in [-0.1, -0.05) is 12.1 Å². The summed E-state index contributed by atoms with van der Waals surface area (Å²) in [6, 6.07) is 8.13. The molecule has 6 nitrogen and oxygen atoms in total. The molecule has 3 heterocycles. The number of halogens is 2. The Morgan fingerprint density at radius 3 is 2.82 bits per heavy atom. The smallest absolute Gasteiger partial charge is 0.273 e. The number of benzene rings is 1. The zero-order chi connectivity index (χ0) is 19.8. The van der Waals surface area contributed by atoms with Crippen molar-refractivity contribution >= 4 is 21.8 Å². The van der Waals surface area contributed by atoms with E-state index in [9.17, 15) is 9.18 Å². The number of aromatic nitrogens is 3. The molecule has 0 saturated heterocycles. The van der Waals surface area contributed by atoms with Crippen molar-refractivity contribution in [1.29, 1.82) is 0 Å². The number of aryl methyl sites for hydroxylation is 1. The SMILES string of the molecule is Cn1ncc(Br)c1-c1cnc2c(c1)CN(C(CN)Cc1cccc(F)c1)C2=O. The van der Waals surface area contributed by atoms with Crippen LogP contribution in [0.2, 0.25) is 0 Å². The van der Waals surface area contributed by atoms with E-state index < -0.39 is 0 Å². The molecule has 2 aromatic heterocycles. The molecule has 1 aromatic carbocycles. The number of fused-ring (bicyclic) bond motifs is 1. The third-order valence-corrected chi connectivity index (χ3v) is 5.59. The molecule has 1 aliphatic heterocycles. The summed E-state index contributed by atoms with van der Waals surface area (Å²) in [7, 11) is 1.86. The number of rotatable bonds is 5. The summed E-state index contributed by atoms with van der Waals surface area (Å²) in [6.45, 7) is 0.720. The predicted octanol–water partition coefficient (Wildman–Crippen LogP) is 2.91. The second-order valence-corrected chi connectivity index (χ2v) is 7.71. The van der Waals surface area contributed by atoms with Crippen LogP contribution in [0.5, 0.6) is 0 Å². The Morgan fingerprint density at radius 1 is 1.32 bits per heavy atom. The molecule has 0 saturated carbocycles. The predicted molar refractivity (Wildman–Crippen MR) is 107 cm³/mol. The van der Waals surface area contributed by atoms with E-state index in [2.05, 4.69) is 26.0 Å². The number of carbonyl (C=O) groups excluding carboxylic acids is 1. The fourth-order valence-corrected chi connectivity index (χ4v) is 4.21. The molecule has 0 fully saturated rings. The first-order chi connectivity index (χ1) is 13.5. The van der Waals surface area contributed by atoms with Crippen molar-refractivity contribution < 1.29 is 9.18 Å². The second kappa shape index (κ2) is 7.44. The van der Waals surface area contributed by atoms with Gasteiger partial charge in [0.25, 0.3) is 5.91 Å². The Balaban J connectivity index is 1.61. The molecule has 0 aliphatic carbocycles. The van der Waals surface area contributed by atoms with Gasteiger partial charge >= 0.3 is 0 Å². The summed E-state index contributed by atoms with van der Waals surface area (Å²) < 4.78 is 16.1. The molecule has 0 spiro atoms. The van der Waals surface area contributed by atoms with Crippen LogP contribution in [0.25, 0.3) is 11.3 Å². The highest BCUT2D eigenvalue weighted by atomic mass is 79.9. The summed E-state index contributed by atoms with van der Waals surface area (Å²) in [5.74, 6) is -0.435. The average molecular weight is 444 g/mol. The molecular formula is C20H19BrFN5O. The second-order valence-electron chi connectivity index (χ2n) is 6.85. The highest BCUT2D eigenvalue weighted by molar-refractivity contribution is 9.10. The van der Waals surface area contributed by atoms with Gasteiger partial charge < -0.3 is 10.6 Å². The molecule has 1 atom stereocenters. The third-order valence-electron chi connectivity index (χ3n) is 5.01. The van der Waals surface area contributed by atoms with Crippen molar-refractivity contribution in [2.45, 2.75) is 19.0 Å². The lowest BCUT2D eigenvalue weighted by molar-refractivity contribution is 0.0704. The lowest BCUT2D eigenvalue weighted by Gasteiger charge is -2.26. The number of hydrogen-bond donors (Lipinski definition) is 1. The largest absolute Gasteiger partial charge is 0.328 e. The standard InChI is InChI=1S/C20H19BrFN5O/c1-26-19(17(21)10-25-26)13-7-14-11-27(20(28)18(14)24-9-13)16(8-23)6-12-3-2-4-15(22)5-12/h2-5,7,9-10,16H,6,8,11,23H2,1H3. The Hall–Kier alpha value is -2.58. The normalized spacial score (nSPS) is 14.4. The van der Waals surface area contributed by atoms with Gasteiger partial charge in [0, 0.05) is 43.5 Å². The van der Waals surface area contributed by atoms with Crippen LogP contribution in [0.3, 0.4) is 0 Å². The fraction of sp³-hybridized carbons (Fsp3) is 0.250. The van der Waals surface area contributed by atoms with E-state index in [1.807, 2.05) is 19.2 Å². The Bertz CT molecular complexity index is 1030. The van der Waals surface area contributed by atoms with Gasteiger partial charge in [-0.3, -0.25) is 14.5 Å². The molecule has 0 bridgehead atoms. The van der Waals surface area contributed by atoms with Crippen molar-refractivity contribution in [3.05, 3.63) is 69.8 Å². The minimum atomic E-state index is -0.294. The first kappa shape index (κ1) is 18.8. The van der Waals surface area contributed by atoms with Crippen LogP contribution >= 0.6 is 15.9 Å². The quantitative estimate of drug-likeness (QED) is 0.657. The van der Waals surface area contributed by atoms with Gasteiger partial charge in [-0.25, -0.2) is 4.39 Å². The molecule has 1 amide bonds. The Morgan fingerprint density at radius 2 is 2.14 bits per heavy atom. The van der Waals surface area contributed by atoms with E-state index in [4.69, 9.17) is 5.73 Å². The molecular weight excluding hydrogens is 425 g/mol. The van der Waals surface area contributed by atoms with Crippen LogP contribution in [0, 0.1) is 5.82 Å². The third kappa shape index (κ3) is 3.33. The summed E-state index contributed by atoms with van der Waals surface area (Å²) in [5.41, 5.74) is 9.85. The summed E-state index contributed by atoms with van der Waals surface area (Å²) in [4.78, 5) is 19.0. The number of nitrogens with zero attached hydrogens (tertiary/aromatic N) is 4. The highest BCUT2D eigenvalue weighted by Gasteiger charge is 2.34. The first-order valence-electron chi connectivity index (χ1n) is 8.90. The van der Waals surface area contributed by atoms with Crippen molar-refractivity contribution in [2.75, 3.05) is 6.54 Å². The number of hydrogen-bond acceptors (Lipinski definition) is 4. The van der Waals surface area contributed by atoms with Crippen molar-refractivity contribution in [1.82, 2.24) is 19.7 Å². The van der Waals surface area contributed by atoms with E-state index in [-0.39, 0.29) is 24.3 Å². The molecule has 0 radical (unpaired) electrons. The van der Waals surface area contributed by atoms with Gasteiger partial charge in [-0.2, -0.15) is 5.10 Å². The Kier molecular flexibility index (Phi) is 4.99. The van der Waals surface area contributed by atoms with E-state index in [0.29, 0.717) is 18.7 Å². The van der Waals surface area contributed by atoms with Gasteiger partial charge in [0.15, 0.2) is 0 Å². The van der Waals surface area contributed by atoms with E-state index in [1.54, 1.807) is 28.0 Å². The van der Waals surface area contributed by atoms with Crippen molar-refractivity contribution in [3.8, 4) is 11.3 Å². The van der Waals surface area contributed by atoms with Crippen molar-refractivity contribution in [3.63, 3.8) is 0 Å². The van der Waals surface area contributed by atoms with Crippen LogP contribution in [0.15, 0.2) is 47.2 Å². The maximum Gasteiger partial charge on any atom is 0.273 e. The molecule has 1 aliphatic rings. The van der Waals surface area contributed by atoms with Gasteiger partial charge in [0.2, 0.25) is 0 Å². The number of pyridine rings is 1. The minimum absolute atomic E-state index is 0.141. The lowest BCUT2D eigenvalue weighted by atomic mass is 10.0. The van der Waals surface area contributed by atoms with Crippen LogP contribution in [0.1, 0.15) is 21.6 Å². The van der Waals surface area contributed by atoms with Gasteiger partial charge in [0.05, 0.1) is 16.4 Å². The van der Waals surface area contributed by atoms with Crippen LogP contribution in [-0.2, 0) is 20.0 Å². The number of carbonyl (C=O) groups is 1. The van der Waals surface area contributed by atoms with Crippen LogP contribution < -0.4 is 5.73 Å². The molecule has 2 N–H and O–H groups in total. The molecule has 144 valence electrons. The summed E-state index contributed by atoms with van der Waals surface area (Å²) >= 11 is 3.50. The fourth-order valence-electron chi connectivity index (χ4n) is 3.63. The highest BCUT2D eigenvalue weighted by Crippen LogP contribution is 2.31. The zero-order valence-electron chi connectivity index (χ0n) is 15.3. The molecule has 8 heteroatoms. The maximum atomic E-state index is 13.5. The lowest BCUT2D eigenvalue weighted by Crippen LogP contribution is -2.42. The van der Waals surface area contributed by atoms with Gasteiger partial charge in [-0.15, -0.1) is 0 Å². The summed E-state index contributed by atoms with van der Waals surface area (Å²) in [5, 5.41) is 4.23. The van der Waals surface area contributed by atoms with E-state index in [1.165, 1.54) is 12.1 Å². The maximum absolute atomic E-state index is 13.5. The molecule has 3 aromatic rings. The zero-order valence-corrected chi connectivity index (χ0v) is 16.9. The summed E-state index contributed by atoms with van der Waals surface area (Å²) in [6.07, 6.45) is 3.91. The van der Waals surface area contributed by atoms with Gasteiger partial charge in [0.1, 0.15) is 11.5 Å². The average Bonchev–Trinajstić information content (AvgIpc) is 3.18. The van der Waals surface area contributed by atoms with Gasteiger partial charge in [-0.05, 0) is 46.1 Å². The van der Waals surface area contributed by atoms with E-state index >= 15 is 0 Å².